The van der Waals surface area contributed by atoms with Gasteiger partial charge >= 0.3 is 0 Å². The van der Waals surface area contributed by atoms with Gasteiger partial charge in [-0.25, -0.2) is 0 Å². The smallest absolute Gasteiger partial charge is 0.167 e. The number of carbonyl (C=O) groups is 1. The second-order valence-corrected chi connectivity index (χ2v) is 4.99. The summed E-state index contributed by atoms with van der Waals surface area (Å²) < 4.78 is 5.47. The number of furan rings is 1. The molecule has 1 unspecified atom stereocenters. The molecule has 1 heterocycles. The number of rotatable bonds is 4. The lowest BCUT2D eigenvalue weighted by atomic mass is 9.86. The minimum absolute atomic E-state index is 0.0304. The number of likely N-dealkylation sites (N-methyl/N-ethyl adjacent to an activating group) is 1. The van der Waals surface area contributed by atoms with Crippen molar-refractivity contribution in [2.45, 2.75) is 19.3 Å². The monoisotopic (exact) mass is 237 g/mol. The third-order valence-electron chi connectivity index (χ3n) is 3.26. The lowest BCUT2D eigenvalue weighted by molar-refractivity contribution is 0.0910. The van der Waals surface area contributed by atoms with Crippen molar-refractivity contribution in [3.05, 3.63) is 23.2 Å². The van der Waals surface area contributed by atoms with Crippen molar-refractivity contribution < 1.29 is 14.3 Å². The molecule has 1 aromatic heterocycles. The summed E-state index contributed by atoms with van der Waals surface area (Å²) in [4.78, 5) is 14.1. The predicted molar refractivity (Wildman–Crippen MR) is 64.2 cm³/mol. The van der Waals surface area contributed by atoms with Gasteiger partial charge in [-0.1, -0.05) is 0 Å². The quantitative estimate of drug-likeness (QED) is 0.852. The second-order valence-electron chi connectivity index (χ2n) is 4.99. The summed E-state index contributed by atoms with van der Waals surface area (Å²) >= 11 is 0. The van der Waals surface area contributed by atoms with Gasteiger partial charge in [0.15, 0.2) is 5.78 Å². The first kappa shape index (κ1) is 12.3. The number of ketones is 1. The Morgan fingerprint density at radius 1 is 1.47 bits per heavy atom. The van der Waals surface area contributed by atoms with Crippen LogP contribution in [0.3, 0.4) is 0 Å². The van der Waals surface area contributed by atoms with Gasteiger partial charge in [-0.15, -0.1) is 0 Å². The summed E-state index contributed by atoms with van der Waals surface area (Å²) in [6, 6.07) is 0. The molecule has 1 atom stereocenters. The van der Waals surface area contributed by atoms with E-state index in [-0.39, 0.29) is 18.3 Å². The van der Waals surface area contributed by atoms with Crippen LogP contribution in [0, 0.1) is 5.92 Å². The van der Waals surface area contributed by atoms with E-state index < -0.39 is 0 Å². The summed E-state index contributed by atoms with van der Waals surface area (Å²) in [6.07, 6.45) is 3.66. The van der Waals surface area contributed by atoms with Crippen LogP contribution in [0.25, 0.3) is 0 Å². The van der Waals surface area contributed by atoms with Gasteiger partial charge in [0.05, 0.1) is 11.8 Å². The zero-order valence-electron chi connectivity index (χ0n) is 10.4. The molecule has 4 heteroatoms. The Balaban J connectivity index is 2.17. The Morgan fingerprint density at radius 3 is 2.88 bits per heavy atom. The molecule has 1 N–H and O–H groups in total. The molecule has 17 heavy (non-hydrogen) atoms. The predicted octanol–water partition coefficient (Wildman–Crippen LogP) is 1.12. The van der Waals surface area contributed by atoms with Crippen molar-refractivity contribution in [2.24, 2.45) is 5.92 Å². The Hall–Kier alpha value is -1.13. The maximum atomic E-state index is 12.0. The van der Waals surface area contributed by atoms with Gasteiger partial charge in [-0.2, -0.15) is 0 Å². The zero-order valence-corrected chi connectivity index (χ0v) is 10.4. The van der Waals surface area contributed by atoms with E-state index in [1.165, 1.54) is 0 Å². The number of fused-ring (bicyclic) bond motifs is 1. The number of hydrogen-bond acceptors (Lipinski definition) is 4. The van der Waals surface area contributed by atoms with Crippen LogP contribution in [0.15, 0.2) is 10.7 Å². The first-order chi connectivity index (χ1) is 8.11. The van der Waals surface area contributed by atoms with E-state index >= 15 is 0 Å². The lowest BCUT2D eigenvalue weighted by Gasteiger charge is -2.18. The first-order valence-electron chi connectivity index (χ1n) is 5.99. The first-order valence-corrected chi connectivity index (χ1v) is 5.99. The van der Waals surface area contributed by atoms with Gasteiger partial charge in [0.1, 0.15) is 5.76 Å². The van der Waals surface area contributed by atoms with Crippen LogP contribution in [0.1, 0.15) is 28.1 Å². The highest BCUT2D eigenvalue weighted by Gasteiger charge is 2.29. The van der Waals surface area contributed by atoms with Crippen molar-refractivity contribution >= 4 is 5.78 Å². The van der Waals surface area contributed by atoms with Gasteiger partial charge in [-0.05, 0) is 26.4 Å². The number of Topliss-reactive ketones (excluding diaryl/α,β-unsaturated/α-hetero) is 1. The van der Waals surface area contributed by atoms with Crippen LogP contribution in [-0.2, 0) is 12.8 Å². The number of nitrogens with zero attached hydrogens (tertiary/aromatic N) is 1. The summed E-state index contributed by atoms with van der Waals surface area (Å²) in [5.41, 5.74) is 1.78. The minimum atomic E-state index is 0.0304. The molecule has 0 saturated carbocycles. The summed E-state index contributed by atoms with van der Waals surface area (Å²) in [6.45, 7) is 0.960. The van der Waals surface area contributed by atoms with E-state index in [0.29, 0.717) is 12.8 Å². The van der Waals surface area contributed by atoms with Crippen LogP contribution in [-0.4, -0.2) is 43.0 Å². The molecular weight excluding hydrogens is 218 g/mol. The van der Waals surface area contributed by atoms with Crippen molar-refractivity contribution in [3.8, 4) is 0 Å². The molecule has 0 bridgehead atoms. The Morgan fingerprint density at radius 2 is 2.24 bits per heavy atom. The Kier molecular flexibility index (Phi) is 3.64. The maximum absolute atomic E-state index is 12.0. The van der Waals surface area contributed by atoms with Crippen molar-refractivity contribution in [1.82, 2.24) is 4.90 Å². The fraction of sp³-hybridized carbons (Fsp3) is 0.615. The van der Waals surface area contributed by atoms with Crippen LogP contribution < -0.4 is 0 Å². The molecule has 94 valence electrons. The molecule has 0 aromatic carbocycles. The van der Waals surface area contributed by atoms with E-state index in [4.69, 9.17) is 9.52 Å². The molecule has 1 aromatic rings. The molecular formula is C13H19NO3. The zero-order chi connectivity index (χ0) is 12.4. The fourth-order valence-corrected chi connectivity index (χ4v) is 2.28. The highest BCUT2D eigenvalue weighted by molar-refractivity contribution is 5.99. The largest absolute Gasteiger partial charge is 0.468 e. The van der Waals surface area contributed by atoms with E-state index in [0.717, 1.165) is 29.9 Å². The molecule has 0 aliphatic heterocycles. The second kappa shape index (κ2) is 5.02. The average Bonchev–Trinajstić information content (AvgIpc) is 2.69. The van der Waals surface area contributed by atoms with Crippen molar-refractivity contribution in [2.75, 3.05) is 27.2 Å². The Bertz CT molecular complexity index is 409. The van der Waals surface area contributed by atoms with E-state index in [9.17, 15) is 4.79 Å². The standard InChI is InChI=1S/C13H19NO3/c1-14(2)4-3-10-8-17-12-6-9(7-15)5-11(16)13(10)12/h8-9,15H,3-7H2,1-2H3. The Labute approximate surface area is 101 Å². The number of aliphatic hydroxyl groups is 1. The maximum Gasteiger partial charge on any atom is 0.167 e. The lowest BCUT2D eigenvalue weighted by Crippen LogP contribution is -2.23. The van der Waals surface area contributed by atoms with Gasteiger partial charge in [0.2, 0.25) is 0 Å². The number of hydrogen-bond donors (Lipinski definition) is 1. The highest BCUT2D eigenvalue weighted by Crippen LogP contribution is 2.29. The highest BCUT2D eigenvalue weighted by atomic mass is 16.3. The summed E-state index contributed by atoms with van der Waals surface area (Å²) in [5, 5.41) is 9.12. The van der Waals surface area contributed by atoms with Gasteiger partial charge in [-0.3, -0.25) is 4.79 Å². The molecule has 1 aliphatic rings. The molecule has 0 amide bonds. The van der Waals surface area contributed by atoms with E-state index in [2.05, 4.69) is 4.90 Å². The third-order valence-corrected chi connectivity index (χ3v) is 3.26. The average molecular weight is 237 g/mol. The molecule has 0 fully saturated rings. The van der Waals surface area contributed by atoms with Gasteiger partial charge in [0.25, 0.3) is 0 Å². The minimum Gasteiger partial charge on any atom is -0.468 e. The van der Waals surface area contributed by atoms with Gasteiger partial charge < -0.3 is 14.4 Å². The van der Waals surface area contributed by atoms with E-state index in [1.54, 1.807) is 6.26 Å². The van der Waals surface area contributed by atoms with Crippen LogP contribution in [0.2, 0.25) is 0 Å². The number of aliphatic hydroxyl groups excluding tert-OH is 1. The fourth-order valence-electron chi connectivity index (χ4n) is 2.28. The summed E-state index contributed by atoms with van der Waals surface area (Å²) in [7, 11) is 4.02. The normalized spacial score (nSPS) is 19.8. The molecule has 0 saturated heterocycles. The topological polar surface area (TPSA) is 53.7 Å². The van der Waals surface area contributed by atoms with Crippen LogP contribution in [0.5, 0.6) is 0 Å². The SMILES string of the molecule is CN(C)CCc1coc2c1C(=O)CC(CO)C2. The molecule has 0 radical (unpaired) electrons. The van der Waals surface area contributed by atoms with Crippen molar-refractivity contribution in [3.63, 3.8) is 0 Å². The molecule has 2 rings (SSSR count). The number of carbonyl (C=O) groups excluding carboxylic acids is 1. The molecule has 0 spiro atoms. The third kappa shape index (κ3) is 2.58. The van der Waals surface area contributed by atoms with Gasteiger partial charge in [0, 0.05) is 31.6 Å². The van der Waals surface area contributed by atoms with Crippen LogP contribution >= 0.6 is 0 Å². The molecule has 4 nitrogen and oxygen atoms in total. The van der Waals surface area contributed by atoms with E-state index in [1.807, 2.05) is 14.1 Å². The summed E-state index contributed by atoms with van der Waals surface area (Å²) in [5.74, 6) is 0.907. The molecule has 1 aliphatic carbocycles. The van der Waals surface area contributed by atoms with Crippen LogP contribution in [0.4, 0.5) is 0 Å². The van der Waals surface area contributed by atoms with Crippen molar-refractivity contribution in [1.29, 1.82) is 0 Å².